The van der Waals surface area contributed by atoms with Crippen LogP contribution in [0.25, 0.3) is 60.7 Å². The van der Waals surface area contributed by atoms with Crippen molar-refractivity contribution in [2.24, 2.45) is 0 Å². The van der Waals surface area contributed by atoms with Crippen LogP contribution in [-0.4, -0.2) is 0 Å². The predicted octanol–water partition coefficient (Wildman–Crippen LogP) is 14.5. The number of hydrogen-bond donors (Lipinski definition) is 0. The van der Waals surface area contributed by atoms with Crippen LogP contribution in [0.15, 0.2) is 230 Å². The van der Waals surface area contributed by atoms with Crippen LogP contribution in [0.5, 0.6) is 0 Å². The maximum absolute atomic E-state index is 2.47. The summed E-state index contributed by atoms with van der Waals surface area (Å²) in [5.74, 6) is 0.186. The Morgan fingerprint density at radius 2 is 1.00 bits per heavy atom. The van der Waals surface area contributed by atoms with Gasteiger partial charge in [-0.1, -0.05) is 194 Å². The van der Waals surface area contributed by atoms with Crippen LogP contribution in [0.1, 0.15) is 46.6 Å². The molecular formula is C62H45N. The molecule has 298 valence electrons. The fourth-order valence-electron chi connectivity index (χ4n) is 10.6. The summed E-state index contributed by atoms with van der Waals surface area (Å²) in [6.45, 7) is 0. The van der Waals surface area contributed by atoms with E-state index in [0.717, 1.165) is 24.9 Å². The quantitative estimate of drug-likeness (QED) is 0.145. The molecule has 10 aromatic rings. The summed E-state index contributed by atoms with van der Waals surface area (Å²) in [7, 11) is 0. The van der Waals surface area contributed by atoms with Gasteiger partial charge in [-0.15, -0.1) is 0 Å². The molecule has 0 spiro atoms. The maximum Gasteiger partial charge on any atom is 0.0464 e. The van der Waals surface area contributed by atoms with Crippen molar-refractivity contribution < 1.29 is 0 Å². The van der Waals surface area contributed by atoms with Gasteiger partial charge in [0.15, 0.2) is 0 Å². The van der Waals surface area contributed by atoms with Crippen molar-refractivity contribution in [1.82, 2.24) is 0 Å². The molecule has 1 heteroatoms. The highest BCUT2D eigenvalue weighted by atomic mass is 15.1. The molecule has 0 N–H and O–H groups in total. The van der Waals surface area contributed by atoms with Crippen LogP contribution in [-0.2, 0) is 6.42 Å². The van der Waals surface area contributed by atoms with Gasteiger partial charge < -0.3 is 4.90 Å². The van der Waals surface area contributed by atoms with E-state index in [1.165, 1.54) is 104 Å². The number of aryl methyl sites for hydroxylation is 1. The molecule has 0 bridgehead atoms. The van der Waals surface area contributed by atoms with E-state index in [2.05, 4.69) is 235 Å². The van der Waals surface area contributed by atoms with Gasteiger partial charge in [0.1, 0.15) is 0 Å². The number of benzene rings is 10. The minimum atomic E-state index is 0.186. The summed E-state index contributed by atoms with van der Waals surface area (Å²) in [6, 6.07) is 83.3. The molecule has 2 aliphatic rings. The highest BCUT2D eigenvalue weighted by Gasteiger charge is 2.28. The fourth-order valence-corrected chi connectivity index (χ4v) is 10.6. The van der Waals surface area contributed by atoms with Crippen LogP contribution >= 0.6 is 0 Å². The standard InChI is InChI=1S/C62H45N/c1-4-18-45(19-5-1)57-41-58(46-20-6-2-7-21-46)61-55-27-15-14-26-54(55)59-40-50(32-37-56(59)62(61)60(57)47-22-8-3-9-23-47)44-28-33-51(34-29-44)63(52-35-30-42-16-10-12-24-48(42)38-52)53-36-31-43-17-11-13-25-49(43)39-53/h1-30,32-35,37-40,57H,31,36,41H2. The zero-order valence-corrected chi connectivity index (χ0v) is 35.1. The Morgan fingerprint density at radius 1 is 0.381 bits per heavy atom. The van der Waals surface area contributed by atoms with Crippen molar-refractivity contribution in [3.05, 3.63) is 268 Å². The number of anilines is 2. The van der Waals surface area contributed by atoms with Gasteiger partial charge in [-0.3, -0.25) is 0 Å². The van der Waals surface area contributed by atoms with Crippen LogP contribution < -0.4 is 15.3 Å². The molecule has 1 atom stereocenters. The molecule has 2 aliphatic carbocycles. The molecular weight excluding hydrogens is 759 g/mol. The lowest BCUT2D eigenvalue weighted by Crippen LogP contribution is -2.37. The second kappa shape index (κ2) is 15.6. The molecule has 10 aromatic carbocycles. The first-order valence-electron chi connectivity index (χ1n) is 22.3. The van der Waals surface area contributed by atoms with E-state index in [0.29, 0.717) is 0 Å². The molecule has 0 aliphatic heterocycles. The van der Waals surface area contributed by atoms with Gasteiger partial charge in [0, 0.05) is 23.0 Å². The van der Waals surface area contributed by atoms with E-state index in [9.17, 15) is 0 Å². The lowest BCUT2D eigenvalue weighted by molar-refractivity contribution is 0.876. The number of allylic oxidation sites excluding steroid dienone is 1. The summed E-state index contributed by atoms with van der Waals surface area (Å²) in [5.41, 5.74) is 15.5. The predicted molar refractivity (Wildman–Crippen MR) is 267 cm³/mol. The first-order chi connectivity index (χ1) is 31.2. The average molecular weight is 804 g/mol. The summed E-state index contributed by atoms with van der Waals surface area (Å²) >= 11 is 0. The molecule has 0 heterocycles. The maximum atomic E-state index is 2.47. The van der Waals surface area contributed by atoms with Crippen molar-refractivity contribution >= 4 is 60.9 Å². The van der Waals surface area contributed by atoms with Crippen molar-refractivity contribution in [2.45, 2.75) is 25.2 Å². The third-order valence-electron chi connectivity index (χ3n) is 13.5. The van der Waals surface area contributed by atoms with E-state index in [1.807, 2.05) is 0 Å². The minimum Gasteiger partial charge on any atom is -0.314 e. The molecule has 0 amide bonds. The Labute approximate surface area is 368 Å². The van der Waals surface area contributed by atoms with E-state index < -0.39 is 0 Å². The Morgan fingerprint density at radius 3 is 1.79 bits per heavy atom. The van der Waals surface area contributed by atoms with Gasteiger partial charge >= 0.3 is 0 Å². The van der Waals surface area contributed by atoms with Crippen LogP contribution in [0.2, 0.25) is 0 Å². The molecule has 12 rings (SSSR count). The van der Waals surface area contributed by atoms with Gasteiger partial charge in [0.25, 0.3) is 0 Å². The molecule has 0 saturated carbocycles. The molecule has 1 unspecified atom stereocenters. The van der Waals surface area contributed by atoms with E-state index in [-0.39, 0.29) is 5.92 Å². The third-order valence-corrected chi connectivity index (χ3v) is 13.5. The lowest BCUT2D eigenvalue weighted by atomic mass is 9.74. The van der Waals surface area contributed by atoms with Gasteiger partial charge in [0.05, 0.1) is 0 Å². The summed E-state index contributed by atoms with van der Waals surface area (Å²) in [4.78, 5) is 2.47. The Balaban J connectivity index is 1.06. The average Bonchev–Trinajstić information content (AvgIpc) is 3.36. The van der Waals surface area contributed by atoms with Gasteiger partial charge in [0.2, 0.25) is 0 Å². The zero-order valence-electron chi connectivity index (χ0n) is 35.1. The second-order valence-electron chi connectivity index (χ2n) is 17.1. The Kier molecular flexibility index (Phi) is 9.19. The second-order valence-corrected chi connectivity index (χ2v) is 17.1. The topological polar surface area (TPSA) is 3.24 Å². The molecule has 0 aromatic heterocycles. The van der Waals surface area contributed by atoms with Crippen molar-refractivity contribution in [2.75, 3.05) is 4.90 Å². The summed E-state index contributed by atoms with van der Waals surface area (Å²) < 4.78 is 0. The first kappa shape index (κ1) is 37.1. The van der Waals surface area contributed by atoms with Crippen LogP contribution in [0.4, 0.5) is 11.4 Å². The highest BCUT2D eigenvalue weighted by molar-refractivity contribution is 6.11. The van der Waals surface area contributed by atoms with E-state index in [1.54, 1.807) is 0 Å². The number of hydrogen-bond acceptors (Lipinski definition) is 1. The molecule has 1 nitrogen and oxygen atoms in total. The normalized spacial score (nSPS) is 14.7. The minimum absolute atomic E-state index is 0.186. The molecule has 0 fully saturated rings. The Bertz CT molecular complexity index is 3510. The van der Waals surface area contributed by atoms with E-state index in [4.69, 9.17) is 0 Å². The highest BCUT2D eigenvalue weighted by Crippen LogP contribution is 2.42. The summed E-state index contributed by atoms with van der Waals surface area (Å²) in [6.07, 6.45) is 5.31. The van der Waals surface area contributed by atoms with Gasteiger partial charge in [-0.05, 0) is 149 Å². The lowest BCUT2D eigenvalue weighted by Gasteiger charge is -2.31. The largest absolute Gasteiger partial charge is 0.314 e. The first-order valence-corrected chi connectivity index (χ1v) is 22.3. The van der Waals surface area contributed by atoms with Crippen molar-refractivity contribution in [1.29, 1.82) is 0 Å². The number of fused-ring (bicyclic) bond motifs is 8. The molecule has 0 radical (unpaired) electrons. The van der Waals surface area contributed by atoms with Gasteiger partial charge in [-0.2, -0.15) is 0 Å². The van der Waals surface area contributed by atoms with Crippen LogP contribution in [0.3, 0.4) is 0 Å². The Hall–Kier alpha value is -7.74. The monoisotopic (exact) mass is 803 g/mol. The number of nitrogens with zero attached hydrogens (tertiary/aromatic N) is 1. The fraction of sp³-hybridized carbons (Fsp3) is 0.0645. The van der Waals surface area contributed by atoms with E-state index >= 15 is 0 Å². The smallest absolute Gasteiger partial charge is 0.0464 e. The van der Waals surface area contributed by atoms with Crippen LogP contribution in [0, 0.1) is 0 Å². The zero-order chi connectivity index (χ0) is 41.7. The summed E-state index contributed by atoms with van der Waals surface area (Å²) in [5, 5.41) is 10.4. The van der Waals surface area contributed by atoms with Gasteiger partial charge in [-0.25, -0.2) is 0 Å². The third kappa shape index (κ3) is 6.56. The number of rotatable bonds is 7. The molecule has 0 saturated heterocycles. The van der Waals surface area contributed by atoms with Crippen molar-refractivity contribution in [3.63, 3.8) is 0 Å². The molecule has 63 heavy (non-hydrogen) atoms. The van der Waals surface area contributed by atoms with Crippen molar-refractivity contribution in [3.8, 4) is 11.1 Å². The SMILES string of the molecule is C1=C(N(c2ccc(-c3ccc4c5c(c6ccccc6c4c3)=C(c3ccccc3)CC(c3ccccc3)C=5c3ccccc3)cc2)c2ccc3ccccc3c2)CCc2ccccc21.